The molecule has 0 saturated carbocycles. The Morgan fingerprint density at radius 2 is 2.07 bits per heavy atom. The molecule has 1 aliphatic heterocycles. The molecule has 0 radical (unpaired) electrons. The summed E-state index contributed by atoms with van der Waals surface area (Å²) in [6, 6.07) is 7.83. The maximum atomic E-state index is 13.2. The third-order valence-electron chi connectivity index (χ3n) is 5.21. The smallest absolute Gasteiger partial charge is 0.364 e. The summed E-state index contributed by atoms with van der Waals surface area (Å²) in [4.78, 5) is 31.4. The molecule has 1 aromatic carbocycles. The molecule has 2 aromatic heterocycles. The van der Waals surface area contributed by atoms with Crippen LogP contribution < -0.4 is 25.5 Å². The van der Waals surface area contributed by atoms with Crippen LogP contribution in [0.5, 0.6) is 5.75 Å². The molecule has 148 valence electrons. The molecular formula is C20H26N5O3+. The van der Waals surface area contributed by atoms with Crippen molar-refractivity contribution in [1.82, 2.24) is 14.1 Å². The topological polar surface area (TPSA) is 76.1 Å². The van der Waals surface area contributed by atoms with Crippen molar-refractivity contribution in [3.63, 3.8) is 0 Å². The Kier molecular flexibility index (Phi) is 4.49. The molecule has 1 aliphatic rings. The van der Waals surface area contributed by atoms with Gasteiger partial charge in [-0.25, -0.2) is 19.2 Å². The van der Waals surface area contributed by atoms with Crippen molar-refractivity contribution in [3.05, 3.63) is 45.1 Å². The lowest BCUT2D eigenvalue weighted by Gasteiger charge is -2.22. The lowest BCUT2D eigenvalue weighted by Crippen LogP contribution is -2.49. The summed E-state index contributed by atoms with van der Waals surface area (Å²) in [6.07, 6.45) is 0.897. The molecular weight excluding hydrogens is 358 g/mol. The number of aryl methyl sites for hydroxylation is 2. The highest BCUT2D eigenvalue weighted by Gasteiger charge is 2.33. The summed E-state index contributed by atoms with van der Waals surface area (Å²) in [7, 11) is 3.35. The predicted octanol–water partition coefficient (Wildman–Crippen LogP) is 1.52. The van der Waals surface area contributed by atoms with E-state index < -0.39 is 0 Å². The maximum Gasteiger partial charge on any atom is 0.364 e. The van der Waals surface area contributed by atoms with Gasteiger partial charge in [0.15, 0.2) is 0 Å². The van der Waals surface area contributed by atoms with Gasteiger partial charge < -0.3 is 4.74 Å². The van der Waals surface area contributed by atoms with E-state index in [1.807, 2.05) is 42.7 Å². The quantitative estimate of drug-likeness (QED) is 0.692. The highest BCUT2D eigenvalue weighted by atomic mass is 16.5. The van der Waals surface area contributed by atoms with Gasteiger partial charge in [-0.1, -0.05) is 19.9 Å². The predicted molar refractivity (Wildman–Crippen MR) is 107 cm³/mol. The summed E-state index contributed by atoms with van der Waals surface area (Å²) in [5.41, 5.74) is 1.55. The van der Waals surface area contributed by atoms with E-state index in [0.29, 0.717) is 17.7 Å². The first-order chi connectivity index (χ1) is 13.4. The molecule has 4 rings (SSSR count). The molecule has 0 amide bonds. The first-order valence-corrected chi connectivity index (χ1v) is 9.59. The molecule has 1 N–H and O–H groups in total. The zero-order valence-corrected chi connectivity index (χ0v) is 16.7. The average molecular weight is 384 g/mol. The number of benzene rings is 1. The van der Waals surface area contributed by atoms with Crippen LogP contribution in [-0.4, -0.2) is 27.8 Å². The first kappa shape index (κ1) is 18.3. The highest BCUT2D eigenvalue weighted by Crippen LogP contribution is 2.28. The van der Waals surface area contributed by atoms with Gasteiger partial charge in [0, 0.05) is 26.1 Å². The highest BCUT2D eigenvalue weighted by molar-refractivity contribution is 5.70. The number of H-pyrrole nitrogens is 1. The van der Waals surface area contributed by atoms with E-state index >= 15 is 0 Å². The van der Waals surface area contributed by atoms with E-state index in [-0.39, 0.29) is 17.2 Å². The normalized spacial score (nSPS) is 14.0. The number of aromatic nitrogens is 4. The van der Waals surface area contributed by atoms with Crippen molar-refractivity contribution in [2.45, 2.75) is 33.4 Å². The monoisotopic (exact) mass is 384 g/mol. The van der Waals surface area contributed by atoms with E-state index in [1.165, 1.54) is 9.13 Å². The lowest BCUT2D eigenvalue weighted by molar-refractivity contribution is -0.663. The van der Waals surface area contributed by atoms with E-state index in [0.717, 1.165) is 36.9 Å². The molecule has 0 atom stereocenters. The molecule has 0 aliphatic carbocycles. The van der Waals surface area contributed by atoms with Crippen LogP contribution in [0.2, 0.25) is 0 Å². The van der Waals surface area contributed by atoms with E-state index in [1.54, 1.807) is 14.2 Å². The molecule has 28 heavy (non-hydrogen) atoms. The molecule has 0 fully saturated rings. The minimum atomic E-state index is -0.293. The number of anilines is 2. The van der Waals surface area contributed by atoms with Gasteiger partial charge in [0.25, 0.3) is 5.56 Å². The Morgan fingerprint density at radius 3 is 2.79 bits per heavy atom. The summed E-state index contributed by atoms with van der Waals surface area (Å²) < 4.78 is 10.2. The van der Waals surface area contributed by atoms with Gasteiger partial charge in [0.2, 0.25) is 11.2 Å². The lowest BCUT2D eigenvalue weighted by atomic mass is 10.2. The van der Waals surface area contributed by atoms with Crippen molar-refractivity contribution < 1.29 is 9.30 Å². The number of hydrogen-bond donors (Lipinski definition) is 1. The number of nitrogens with one attached hydrogen (secondary N) is 1. The molecule has 8 nitrogen and oxygen atoms in total. The second-order valence-electron chi connectivity index (χ2n) is 7.66. The Labute approximate surface area is 162 Å². The van der Waals surface area contributed by atoms with E-state index in [9.17, 15) is 9.59 Å². The minimum Gasteiger partial charge on any atom is -0.497 e. The Hall–Kier alpha value is -3.03. The van der Waals surface area contributed by atoms with Crippen molar-refractivity contribution in [1.29, 1.82) is 0 Å². The Balaban J connectivity index is 1.95. The number of hydrogen-bond acceptors (Lipinski definition) is 4. The number of ether oxygens (including phenoxy) is 1. The third kappa shape index (κ3) is 2.80. The average Bonchev–Trinajstić information content (AvgIpc) is 3.09. The molecule has 3 aromatic rings. The standard InChI is InChI=1S/C20H25N5O3/c1-13(2)12-25-18(26)16-17(22(3)20(25)27)21-19-23(9-6-10-24(16)19)14-7-5-8-15(11-14)28-4/h5,7-8,11,13H,6,9-10,12H2,1-4H3/p+1. The van der Waals surface area contributed by atoms with Gasteiger partial charge in [-0.05, 0) is 18.1 Å². The van der Waals surface area contributed by atoms with Crippen LogP contribution in [0, 0.1) is 5.92 Å². The fraction of sp³-hybridized carbons (Fsp3) is 0.450. The molecule has 0 unspecified atom stereocenters. The number of rotatable bonds is 4. The van der Waals surface area contributed by atoms with Gasteiger partial charge in [0.1, 0.15) is 11.4 Å². The maximum absolute atomic E-state index is 13.2. The van der Waals surface area contributed by atoms with Gasteiger partial charge in [-0.15, -0.1) is 0 Å². The van der Waals surface area contributed by atoms with Crippen LogP contribution in [0.1, 0.15) is 20.3 Å². The zero-order chi connectivity index (χ0) is 20.0. The van der Waals surface area contributed by atoms with Crippen LogP contribution >= 0.6 is 0 Å². The number of fused-ring (bicyclic) bond motifs is 3. The van der Waals surface area contributed by atoms with Crippen LogP contribution in [0.15, 0.2) is 33.9 Å². The molecule has 8 heteroatoms. The number of imidazole rings is 1. The Morgan fingerprint density at radius 1 is 1.29 bits per heavy atom. The van der Waals surface area contributed by atoms with Crippen LogP contribution in [0.3, 0.4) is 0 Å². The fourth-order valence-electron chi connectivity index (χ4n) is 3.90. The van der Waals surface area contributed by atoms with Gasteiger partial charge in [0.05, 0.1) is 20.2 Å². The largest absolute Gasteiger partial charge is 0.497 e. The van der Waals surface area contributed by atoms with Crippen molar-refractivity contribution in [2.24, 2.45) is 13.0 Å². The molecule has 0 spiro atoms. The molecule has 0 bridgehead atoms. The number of aromatic amines is 1. The Bertz CT molecular complexity index is 1160. The van der Waals surface area contributed by atoms with Crippen LogP contribution in [0.25, 0.3) is 11.2 Å². The van der Waals surface area contributed by atoms with Gasteiger partial charge >= 0.3 is 11.6 Å². The minimum absolute atomic E-state index is 0.205. The van der Waals surface area contributed by atoms with Crippen LogP contribution in [-0.2, 0) is 20.1 Å². The van der Waals surface area contributed by atoms with Gasteiger partial charge in [-0.3, -0.25) is 13.9 Å². The van der Waals surface area contributed by atoms with Gasteiger partial charge in [-0.2, -0.15) is 0 Å². The SMILES string of the molecule is COc1cccc(N2CCC[n+]3c2[nH]c2c3c(=O)n(CC(C)C)c(=O)n2C)c1. The first-order valence-electron chi connectivity index (χ1n) is 9.59. The number of methoxy groups -OCH3 is 1. The zero-order valence-electron chi connectivity index (χ0n) is 16.7. The van der Waals surface area contributed by atoms with Crippen molar-refractivity contribution in [2.75, 3.05) is 18.6 Å². The number of nitrogens with zero attached hydrogens (tertiary/aromatic N) is 4. The fourth-order valence-corrected chi connectivity index (χ4v) is 3.90. The van der Waals surface area contributed by atoms with E-state index in [4.69, 9.17) is 4.74 Å². The van der Waals surface area contributed by atoms with E-state index in [2.05, 4.69) is 9.88 Å². The second kappa shape index (κ2) is 6.85. The summed E-state index contributed by atoms with van der Waals surface area (Å²) in [5, 5.41) is 0. The summed E-state index contributed by atoms with van der Waals surface area (Å²) >= 11 is 0. The molecule has 0 saturated heterocycles. The van der Waals surface area contributed by atoms with Crippen LogP contribution in [0.4, 0.5) is 11.6 Å². The summed E-state index contributed by atoms with van der Waals surface area (Å²) in [5.74, 6) is 1.79. The van der Waals surface area contributed by atoms with Crippen molar-refractivity contribution >= 4 is 22.8 Å². The summed E-state index contributed by atoms with van der Waals surface area (Å²) in [6.45, 7) is 5.95. The third-order valence-corrected chi connectivity index (χ3v) is 5.21. The van der Waals surface area contributed by atoms with Crippen molar-refractivity contribution in [3.8, 4) is 5.75 Å². The molecule has 3 heterocycles. The second-order valence-corrected chi connectivity index (χ2v) is 7.66.